The molecule has 7 heteroatoms. The maximum atomic E-state index is 12.1. The summed E-state index contributed by atoms with van der Waals surface area (Å²) >= 11 is 0. The maximum absolute atomic E-state index is 12.1. The number of hydrogen-bond acceptors (Lipinski definition) is 5. The number of amides is 1. The SMILES string of the molecule is O=C(COc1ccc(Oc2ccccc2)cc1)NCCn1nc(-c2ccccc2)ccc1=O. The van der Waals surface area contributed by atoms with E-state index in [4.69, 9.17) is 9.47 Å². The molecule has 4 rings (SSSR count). The number of ether oxygens (including phenoxy) is 2. The zero-order chi connectivity index (χ0) is 22.9. The predicted octanol–water partition coefficient (Wildman–Crippen LogP) is 3.90. The van der Waals surface area contributed by atoms with E-state index in [1.54, 1.807) is 30.3 Å². The van der Waals surface area contributed by atoms with Crippen LogP contribution in [0.4, 0.5) is 0 Å². The van der Waals surface area contributed by atoms with E-state index in [-0.39, 0.29) is 31.2 Å². The molecule has 33 heavy (non-hydrogen) atoms. The number of benzene rings is 3. The molecule has 4 aromatic rings. The number of para-hydroxylation sites is 1. The van der Waals surface area contributed by atoms with Gasteiger partial charge in [-0.25, -0.2) is 4.68 Å². The van der Waals surface area contributed by atoms with Gasteiger partial charge in [0.25, 0.3) is 11.5 Å². The van der Waals surface area contributed by atoms with Crippen molar-refractivity contribution in [1.82, 2.24) is 15.1 Å². The van der Waals surface area contributed by atoms with E-state index < -0.39 is 0 Å². The fourth-order valence-corrected chi connectivity index (χ4v) is 3.10. The lowest BCUT2D eigenvalue weighted by molar-refractivity contribution is -0.123. The molecule has 0 aliphatic heterocycles. The van der Waals surface area contributed by atoms with Crippen LogP contribution in [0.15, 0.2) is 102 Å². The van der Waals surface area contributed by atoms with Crippen LogP contribution < -0.4 is 20.3 Å². The van der Waals surface area contributed by atoms with Crippen molar-refractivity contribution >= 4 is 5.91 Å². The Morgan fingerprint density at radius 1 is 0.788 bits per heavy atom. The van der Waals surface area contributed by atoms with Crippen LogP contribution in [-0.2, 0) is 11.3 Å². The third kappa shape index (κ3) is 6.30. The molecule has 166 valence electrons. The highest BCUT2D eigenvalue weighted by Crippen LogP contribution is 2.23. The van der Waals surface area contributed by atoms with E-state index in [2.05, 4.69) is 10.4 Å². The highest BCUT2D eigenvalue weighted by Gasteiger charge is 2.06. The largest absolute Gasteiger partial charge is 0.484 e. The van der Waals surface area contributed by atoms with Crippen molar-refractivity contribution in [2.75, 3.05) is 13.2 Å². The van der Waals surface area contributed by atoms with Crippen LogP contribution in [0.2, 0.25) is 0 Å². The van der Waals surface area contributed by atoms with E-state index in [0.29, 0.717) is 17.2 Å². The summed E-state index contributed by atoms with van der Waals surface area (Å²) in [5, 5.41) is 7.12. The summed E-state index contributed by atoms with van der Waals surface area (Å²) < 4.78 is 12.6. The minimum atomic E-state index is -0.285. The minimum absolute atomic E-state index is 0.134. The summed E-state index contributed by atoms with van der Waals surface area (Å²) in [4.78, 5) is 24.2. The lowest BCUT2D eigenvalue weighted by Crippen LogP contribution is -2.34. The van der Waals surface area contributed by atoms with Crippen LogP contribution in [0, 0.1) is 0 Å². The first-order valence-corrected chi connectivity index (χ1v) is 10.5. The molecular weight excluding hydrogens is 418 g/mol. The molecule has 0 atom stereocenters. The summed E-state index contributed by atoms with van der Waals surface area (Å²) in [5.41, 5.74) is 1.39. The van der Waals surface area contributed by atoms with E-state index >= 15 is 0 Å². The van der Waals surface area contributed by atoms with Gasteiger partial charge in [-0.15, -0.1) is 0 Å². The van der Waals surface area contributed by atoms with Crippen LogP contribution >= 0.6 is 0 Å². The molecule has 0 radical (unpaired) electrons. The van der Waals surface area contributed by atoms with Crippen LogP contribution in [-0.4, -0.2) is 28.8 Å². The normalized spacial score (nSPS) is 10.4. The maximum Gasteiger partial charge on any atom is 0.266 e. The van der Waals surface area contributed by atoms with Crippen molar-refractivity contribution < 1.29 is 14.3 Å². The number of nitrogens with zero attached hydrogens (tertiary/aromatic N) is 2. The fourth-order valence-electron chi connectivity index (χ4n) is 3.10. The summed E-state index contributed by atoms with van der Waals surface area (Å²) in [6.45, 7) is 0.388. The summed E-state index contributed by atoms with van der Waals surface area (Å²) in [6, 6.07) is 29.3. The van der Waals surface area contributed by atoms with Gasteiger partial charge in [0, 0.05) is 18.2 Å². The van der Waals surface area contributed by atoms with Crippen molar-refractivity contribution in [3.8, 4) is 28.5 Å². The van der Waals surface area contributed by atoms with Crippen LogP contribution in [0.25, 0.3) is 11.3 Å². The molecule has 7 nitrogen and oxygen atoms in total. The fraction of sp³-hybridized carbons (Fsp3) is 0.115. The Bertz CT molecular complexity index is 1240. The molecule has 1 heterocycles. The molecular formula is C26H23N3O4. The van der Waals surface area contributed by atoms with Gasteiger partial charge in [0.15, 0.2) is 6.61 Å². The van der Waals surface area contributed by atoms with Gasteiger partial charge >= 0.3 is 0 Å². The van der Waals surface area contributed by atoms with Gasteiger partial charge in [-0.05, 0) is 42.5 Å². The van der Waals surface area contributed by atoms with E-state index in [1.807, 2.05) is 60.7 Å². The van der Waals surface area contributed by atoms with Gasteiger partial charge in [0.05, 0.1) is 12.2 Å². The number of hydrogen-bond donors (Lipinski definition) is 1. The van der Waals surface area contributed by atoms with Crippen LogP contribution in [0.1, 0.15) is 0 Å². The average Bonchev–Trinajstić information content (AvgIpc) is 2.86. The third-order valence-corrected chi connectivity index (χ3v) is 4.75. The van der Waals surface area contributed by atoms with Crippen molar-refractivity contribution in [3.63, 3.8) is 0 Å². The van der Waals surface area contributed by atoms with Gasteiger partial charge in [0.1, 0.15) is 17.2 Å². The summed E-state index contributed by atoms with van der Waals surface area (Å²) in [7, 11) is 0. The first-order valence-electron chi connectivity index (χ1n) is 10.5. The predicted molar refractivity (Wildman–Crippen MR) is 125 cm³/mol. The lowest BCUT2D eigenvalue weighted by Gasteiger charge is -2.10. The number of aromatic nitrogens is 2. The van der Waals surface area contributed by atoms with Crippen molar-refractivity contribution in [3.05, 3.63) is 107 Å². The van der Waals surface area contributed by atoms with Gasteiger partial charge in [-0.1, -0.05) is 48.5 Å². The Morgan fingerprint density at radius 2 is 1.42 bits per heavy atom. The number of nitrogens with one attached hydrogen (secondary N) is 1. The second-order valence-electron chi connectivity index (χ2n) is 7.17. The Balaban J connectivity index is 1.23. The molecule has 0 fully saturated rings. The van der Waals surface area contributed by atoms with Crippen LogP contribution in [0.3, 0.4) is 0 Å². The first kappa shape index (κ1) is 21.8. The summed E-state index contributed by atoms with van der Waals surface area (Å²) in [5.74, 6) is 1.69. The molecule has 1 aromatic heterocycles. The highest BCUT2D eigenvalue weighted by molar-refractivity contribution is 5.77. The first-order chi connectivity index (χ1) is 16.2. The number of rotatable bonds is 9. The number of carbonyl (C=O) groups excluding carboxylic acids is 1. The van der Waals surface area contributed by atoms with Gasteiger partial charge < -0.3 is 14.8 Å². The zero-order valence-corrected chi connectivity index (χ0v) is 17.9. The molecule has 1 amide bonds. The molecule has 0 saturated carbocycles. The van der Waals surface area contributed by atoms with Crippen molar-refractivity contribution in [1.29, 1.82) is 0 Å². The number of carbonyl (C=O) groups is 1. The molecule has 0 aliphatic carbocycles. The van der Waals surface area contributed by atoms with Crippen molar-refractivity contribution in [2.45, 2.75) is 6.54 Å². The lowest BCUT2D eigenvalue weighted by atomic mass is 10.1. The highest BCUT2D eigenvalue weighted by atomic mass is 16.5. The van der Waals surface area contributed by atoms with Crippen molar-refractivity contribution in [2.24, 2.45) is 0 Å². The van der Waals surface area contributed by atoms with Gasteiger partial charge in [-0.3, -0.25) is 9.59 Å². The molecule has 3 aromatic carbocycles. The van der Waals surface area contributed by atoms with E-state index in [1.165, 1.54) is 10.7 Å². The van der Waals surface area contributed by atoms with E-state index in [9.17, 15) is 9.59 Å². The second kappa shape index (κ2) is 10.8. The molecule has 0 unspecified atom stereocenters. The van der Waals surface area contributed by atoms with Gasteiger partial charge in [-0.2, -0.15) is 5.10 Å². The summed E-state index contributed by atoms with van der Waals surface area (Å²) in [6.07, 6.45) is 0. The van der Waals surface area contributed by atoms with Gasteiger partial charge in [0.2, 0.25) is 0 Å². The Kier molecular flexibility index (Phi) is 7.12. The second-order valence-corrected chi connectivity index (χ2v) is 7.17. The quantitative estimate of drug-likeness (QED) is 0.426. The zero-order valence-electron chi connectivity index (χ0n) is 17.9. The smallest absolute Gasteiger partial charge is 0.266 e. The monoisotopic (exact) mass is 441 g/mol. The average molecular weight is 441 g/mol. The Morgan fingerprint density at radius 3 is 2.15 bits per heavy atom. The molecule has 0 aliphatic rings. The molecule has 0 spiro atoms. The molecule has 0 bridgehead atoms. The standard InChI is InChI=1S/C26H23N3O4/c30-25(19-32-21-11-13-23(14-12-21)33-22-9-5-2-6-10-22)27-17-18-29-26(31)16-15-24(28-29)20-7-3-1-4-8-20/h1-16H,17-19H2,(H,27,30). The van der Waals surface area contributed by atoms with E-state index in [0.717, 1.165) is 11.3 Å². The Labute approximate surface area is 191 Å². The minimum Gasteiger partial charge on any atom is -0.484 e. The molecule has 1 N–H and O–H groups in total. The van der Waals surface area contributed by atoms with Crippen LogP contribution in [0.5, 0.6) is 17.2 Å². The third-order valence-electron chi connectivity index (χ3n) is 4.75. The Hall–Kier alpha value is -4.39. The molecule has 0 saturated heterocycles. The topological polar surface area (TPSA) is 82.4 Å².